The minimum Gasteiger partial charge on any atom is -0.478 e. The van der Waals surface area contributed by atoms with E-state index in [0.717, 1.165) is 32.6 Å². The van der Waals surface area contributed by atoms with Crippen molar-refractivity contribution in [3.8, 4) is 0 Å². The summed E-state index contributed by atoms with van der Waals surface area (Å²) < 4.78 is 5.79. The summed E-state index contributed by atoms with van der Waals surface area (Å²) in [6.45, 7) is 4.56. The molecule has 0 aliphatic carbocycles. The van der Waals surface area contributed by atoms with E-state index in [1.807, 2.05) is 24.3 Å². The summed E-state index contributed by atoms with van der Waals surface area (Å²) in [6, 6.07) is 7.33. The molecule has 0 unspecified atom stereocenters. The number of para-hydroxylation sites is 1. The summed E-state index contributed by atoms with van der Waals surface area (Å²) in [5, 5.41) is 10.2. The molecule has 1 aliphatic heterocycles. The number of fused-ring (bicyclic) bond motifs is 1. The lowest BCUT2D eigenvalue weighted by Crippen LogP contribution is -2.28. The summed E-state index contributed by atoms with van der Waals surface area (Å²) in [5.74, 6) is -0.352. The number of carbonyl (C=O) groups is 1. The van der Waals surface area contributed by atoms with Gasteiger partial charge in [0.05, 0.1) is 6.54 Å². The van der Waals surface area contributed by atoms with Crippen LogP contribution in [-0.2, 0) is 6.54 Å². The van der Waals surface area contributed by atoms with Crippen LogP contribution >= 0.6 is 0 Å². The topological polar surface area (TPSA) is 56.9 Å². The molecule has 0 amide bonds. The molecule has 1 aromatic heterocycles. The standard InChI is InChI=1S/C16H20N2O3/c1-17-7-4-8-18(10-9-17)11-14-15(16(19)20)12-5-2-3-6-13(12)21-14/h2-3,5-6H,4,7-11H2,1H3,(H,19,20). The molecule has 3 rings (SSSR count). The van der Waals surface area contributed by atoms with E-state index in [1.54, 1.807) is 0 Å². The molecule has 1 fully saturated rings. The number of benzene rings is 1. The summed E-state index contributed by atoms with van der Waals surface area (Å²) in [4.78, 5) is 16.1. The van der Waals surface area contributed by atoms with E-state index < -0.39 is 5.97 Å². The molecule has 112 valence electrons. The lowest BCUT2D eigenvalue weighted by Gasteiger charge is -2.18. The highest BCUT2D eigenvalue weighted by Crippen LogP contribution is 2.27. The third kappa shape index (κ3) is 2.94. The summed E-state index contributed by atoms with van der Waals surface area (Å²) in [6.07, 6.45) is 1.10. The Kier molecular flexibility index (Phi) is 3.94. The first-order chi connectivity index (χ1) is 10.1. The number of carboxylic acid groups (broad SMARTS) is 1. The Morgan fingerprint density at radius 2 is 2.05 bits per heavy atom. The van der Waals surface area contributed by atoms with Crippen molar-refractivity contribution in [1.82, 2.24) is 9.80 Å². The van der Waals surface area contributed by atoms with Gasteiger partial charge in [0.25, 0.3) is 0 Å². The highest BCUT2D eigenvalue weighted by atomic mass is 16.4. The second kappa shape index (κ2) is 5.87. The molecule has 0 spiro atoms. The van der Waals surface area contributed by atoms with Crippen LogP contribution in [0.5, 0.6) is 0 Å². The first-order valence-corrected chi connectivity index (χ1v) is 7.30. The molecule has 0 bridgehead atoms. The maximum absolute atomic E-state index is 11.6. The smallest absolute Gasteiger partial charge is 0.339 e. The molecule has 1 saturated heterocycles. The highest BCUT2D eigenvalue weighted by molar-refractivity contribution is 6.03. The fourth-order valence-corrected chi connectivity index (χ4v) is 2.90. The Morgan fingerprint density at radius 1 is 1.24 bits per heavy atom. The van der Waals surface area contributed by atoms with Crippen molar-refractivity contribution in [1.29, 1.82) is 0 Å². The maximum Gasteiger partial charge on any atom is 0.339 e. The van der Waals surface area contributed by atoms with Gasteiger partial charge in [0.2, 0.25) is 0 Å². The van der Waals surface area contributed by atoms with E-state index in [0.29, 0.717) is 28.8 Å². The van der Waals surface area contributed by atoms with Gasteiger partial charge in [-0.25, -0.2) is 4.79 Å². The summed E-state index contributed by atoms with van der Waals surface area (Å²) >= 11 is 0. The van der Waals surface area contributed by atoms with Crippen molar-refractivity contribution in [2.45, 2.75) is 13.0 Å². The fraction of sp³-hybridized carbons (Fsp3) is 0.438. The minimum absolute atomic E-state index is 0.309. The zero-order chi connectivity index (χ0) is 14.8. The number of hydrogen-bond donors (Lipinski definition) is 1. The van der Waals surface area contributed by atoms with Crippen molar-refractivity contribution < 1.29 is 14.3 Å². The Labute approximate surface area is 123 Å². The zero-order valence-corrected chi connectivity index (χ0v) is 12.2. The Bertz CT molecular complexity index is 650. The molecule has 5 nitrogen and oxygen atoms in total. The van der Waals surface area contributed by atoms with Crippen LogP contribution in [0.1, 0.15) is 22.5 Å². The molecular weight excluding hydrogens is 268 g/mol. The molecule has 2 aromatic rings. The molecule has 0 atom stereocenters. The number of furan rings is 1. The Hall–Kier alpha value is -1.85. The van der Waals surface area contributed by atoms with E-state index in [2.05, 4.69) is 16.8 Å². The van der Waals surface area contributed by atoms with E-state index >= 15 is 0 Å². The van der Waals surface area contributed by atoms with Crippen molar-refractivity contribution in [2.24, 2.45) is 0 Å². The SMILES string of the molecule is CN1CCCN(Cc2oc3ccccc3c2C(=O)O)CC1. The van der Waals surface area contributed by atoms with Crippen LogP contribution in [0.25, 0.3) is 11.0 Å². The predicted molar refractivity (Wildman–Crippen MR) is 80.6 cm³/mol. The first-order valence-electron chi connectivity index (χ1n) is 7.30. The normalized spacial score (nSPS) is 18.0. The van der Waals surface area contributed by atoms with E-state index in [1.165, 1.54) is 0 Å². The van der Waals surface area contributed by atoms with Gasteiger partial charge in [-0.05, 0) is 32.6 Å². The summed E-state index contributed by atoms with van der Waals surface area (Å²) in [7, 11) is 2.12. The molecule has 0 radical (unpaired) electrons. The third-order valence-corrected chi connectivity index (χ3v) is 4.06. The second-order valence-electron chi connectivity index (χ2n) is 5.63. The van der Waals surface area contributed by atoms with Crippen LogP contribution < -0.4 is 0 Å². The van der Waals surface area contributed by atoms with Crippen LogP contribution in [0.2, 0.25) is 0 Å². The predicted octanol–water partition coefficient (Wildman–Crippen LogP) is 2.27. The van der Waals surface area contributed by atoms with Crippen molar-refractivity contribution in [3.05, 3.63) is 35.6 Å². The van der Waals surface area contributed by atoms with Crippen LogP contribution in [0.3, 0.4) is 0 Å². The van der Waals surface area contributed by atoms with Crippen LogP contribution in [-0.4, -0.2) is 54.1 Å². The molecule has 2 heterocycles. The van der Waals surface area contributed by atoms with Gasteiger partial charge < -0.3 is 14.4 Å². The van der Waals surface area contributed by atoms with E-state index in [-0.39, 0.29) is 0 Å². The van der Waals surface area contributed by atoms with E-state index in [4.69, 9.17) is 4.42 Å². The Balaban J connectivity index is 1.89. The molecular formula is C16H20N2O3. The molecule has 1 aliphatic rings. The van der Waals surface area contributed by atoms with Gasteiger partial charge in [-0.2, -0.15) is 0 Å². The first kappa shape index (κ1) is 14.1. The van der Waals surface area contributed by atoms with Gasteiger partial charge in [-0.15, -0.1) is 0 Å². The van der Waals surface area contributed by atoms with Crippen LogP contribution in [0.15, 0.2) is 28.7 Å². The van der Waals surface area contributed by atoms with Gasteiger partial charge in [0.15, 0.2) is 0 Å². The number of nitrogens with zero attached hydrogens (tertiary/aromatic N) is 2. The lowest BCUT2D eigenvalue weighted by atomic mass is 10.1. The van der Waals surface area contributed by atoms with Gasteiger partial charge in [0, 0.05) is 18.5 Å². The Morgan fingerprint density at radius 3 is 2.86 bits per heavy atom. The van der Waals surface area contributed by atoms with Gasteiger partial charge >= 0.3 is 5.97 Å². The fourth-order valence-electron chi connectivity index (χ4n) is 2.90. The lowest BCUT2D eigenvalue weighted by molar-refractivity contribution is 0.0694. The molecule has 21 heavy (non-hydrogen) atoms. The molecule has 1 N–H and O–H groups in total. The molecule has 1 aromatic carbocycles. The highest BCUT2D eigenvalue weighted by Gasteiger charge is 2.22. The zero-order valence-electron chi connectivity index (χ0n) is 12.2. The van der Waals surface area contributed by atoms with Crippen molar-refractivity contribution in [2.75, 3.05) is 33.2 Å². The van der Waals surface area contributed by atoms with E-state index in [9.17, 15) is 9.90 Å². The largest absolute Gasteiger partial charge is 0.478 e. The average Bonchev–Trinajstić information content (AvgIpc) is 2.69. The van der Waals surface area contributed by atoms with Gasteiger partial charge in [-0.3, -0.25) is 4.90 Å². The quantitative estimate of drug-likeness (QED) is 0.939. The van der Waals surface area contributed by atoms with Crippen LogP contribution in [0, 0.1) is 0 Å². The van der Waals surface area contributed by atoms with Gasteiger partial charge in [-0.1, -0.05) is 18.2 Å². The average molecular weight is 288 g/mol. The van der Waals surface area contributed by atoms with Crippen molar-refractivity contribution in [3.63, 3.8) is 0 Å². The summed E-state index contributed by atoms with van der Waals surface area (Å²) in [5.41, 5.74) is 0.958. The van der Waals surface area contributed by atoms with Gasteiger partial charge in [0.1, 0.15) is 16.9 Å². The number of rotatable bonds is 3. The number of hydrogen-bond acceptors (Lipinski definition) is 4. The number of aromatic carboxylic acids is 1. The third-order valence-electron chi connectivity index (χ3n) is 4.06. The minimum atomic E-state index is -0.915. The molecule has 0 saturated carbocycles. The monoisotopic (exact) mass is 288 g/mol. The second-order valence-corrected chi connectivity index (χ2v) is 5.63. The maximum atomic E-state index is 11.6. The van der Waals surface area contributed by atoms with Crippen LogP contribution in [0.4, 0.5) is 0 Å². The van der Waals surface area contributed by atoms with Crippen molar-refractivity contribution >= 4 is 16.9 Å². The molecule has 5 heteroatoms. The number of likely N-dealkylation sites (N-methyl/N-ethyl adjacent to an activating group) is 1. The number of carboxylic acids is 1.